The van der Waals surface area contributed by atoms with E-state index < -0.39 is 15.3 Å². The van der Waals surface area contributed by atoms with Gasteiger partial charge in [0.15, 0.2) is 5.25 Å². The van der Waals surface area contributed by atoms with Crippen LogP contribution in [0, 0.1) is 11.3 Å². The van der Waals surface area contributed by atoms with Crippen molar-refractivity contribution in [2.75, 3.05) is 7.05 Å². The zero-order chi connectivity index (χ0) is 13.1. The number of rotatable bonds is 5. The van der Waals surface area contributed by atoms with Gasteiger partial charge in [-0.05, 0) is 39.4 Å². The molecule has 1 aromatic rings. The maximum absolute atomic E-state index is 12.0. The van der Waals surface area contributed by atoms with Crippen molar-refractivity contribution < 1.29 is 8.42 Å². The Kier molecular flexibility index (Phi) is 5.13. The predicted octanol–water partition coefficient (Wildman–Crippen LogP) is 2.57. The number of halogens is 1. The van der Waals surface area contributed by atoms with Crippen LogP contribution in [0.25, 0.3) is 0 Å². The molecule has 0 amide bonds. The van der Waals surface area contributed by atoms with Crippen molar-refractivity contribution in [3.05, 3.63) is 20.8 Å². The molecule has 0 spiro atoms. The highest BCUT2D eigenvalue weighted by molar-refractivity contribution is 9.11. The van der Waals surface area contributed by atoms with Gasteiger partial charge in [0.25, 0.3) is 0 Å². The molecule has 0 radical (unpaired) electrons. The maximum Gasteiger partial charge on any atom is 0.230 e. The van der Waals surface area contributed by atoms with Crippen LogP contribution >= 0.6 is 27.3 Å². The summed E-state index contributed by atoms with van der Waals surface area (Å²) in [5, 5.41) is 9.75. The van der Waals surface area contributed by atoms with Crippen molar-refractivity contribution >= 4 is 37.3 Å². The molecule has 1 heterocycles. The van der Waals surface area contributed by atoms with Gasteiger partial charge in [-0.15, -0.1) is 11.3 Å². The van der Waals surface area contributed by atoms with Crippen molar-refractivity contribution in [1.82, 2.24) is 4.31 Å². The number of nitriles is 1. The van der Waals surface area contributed by atoms with E-state index in [4.69, 9.17) is 5.26 Å². The van der Waals surface area contributed by atoms with E-state index in [-0.39, 0.29) is 0 Å². The van der Waals surface area contributed by atoms with Crippen molar-refractivity contribution in [3.63, 3.8) is 0 Å². The maximum atomic E-state index is 12.0. The summed E-state index contributed by atoms with van der Waals surface area (Å²) in [6.45, 7) is 1.99. The summed E-state index contributed by atoms with van der Waals surface area (Å²) in [5.41, 5.74) is 0.917. The van der Waals surface area contributed by atoms with E-state index in [1.54, 1.807) is 6.92 Å². The first-order chi connectivity index (χ1) is 7.91. The van der Waals surface area contributed by atoms with Gasteiger partial charge in [-0.3, -0.25) is 0 Å². The molecule has 0 saturated heterocycles. The van der Waals surface area contributed by atoms with Gasteiger partial charge < -0.3 is 0 Å². The second-order valence-corrected chi connectivity index (χ2v) is 8.10. The first kappa shape index (κ1) is 14.6. The largest absolute Gasteiger partial charge is 0.230 e. The second kappa shape index (κ2) is 5.96. The Balaban J connectivity index is 2.83. The van der Waals surface area contributed by atoms with Gasteiger partial charge in [-0.25, -0.2) is 8.42 Å². The fraction of sp³-hybridized carbons (Fsp3) is 0.500. The number of nitrogens with zero attached hydrogens (tertiary/aromatic N) is 2. The fourth-order valence-corrected chi connectivity index (χ4v) is 3.88. The Bertz CT molecular complexity index is 519. The summed E-state index contributed by atoms with van der Waals surface area (Å²) < 4.78 is 26.2. The zero-order valence-electron chi connectivity index (χ0n) is 9.55. The van der Waals surface area contributed by atoms with Gasteiger partial charge in [0.1, 0.15) is 0 Å². The van der Waals surface area contributed by atoms with Crippen LogP contribution in [0.5, 0.6) is 0 Å². The molecule has 0 N–H and O–H groups in total. The lowest BCUT2D eigenvalue weighted by molar-refractivity contribution is 0.460. The standard InChI is InChI=1S/C10H13BrN2O2S2/c1-3-9(5-12)17(14,15)13(2)6-8-4-10(11)16-7-8/h4,7,9H,3,6H2,1-2H3. The molecule has 1 rings (SSSR count). The van der Waals surface area contributed by atoms with Gasteiger partial charge in [-0.2, -0.15) is 9.57 Å². The Morgan fingerprint density at radius 1 is 1.65 bits per heavy atom. The minimum atomic E-state index is -3.53. The Morgan fingerprint density at radius 2 is 2.29 bits per heavy atom. The number of hydrogen-bond donors (Lipinski definition) is 0. The number of thiophene rings is 1. The summed E-state index contributed by atoms with van der Waals surface area (Å²) in [7, 11) is -2.03. The molecule has 0 bridgehead atoms. The fourth-order valence-electron chi connectivity index (χ4n) is 1.36. The SMILES string of the molecule is CCC(C#N)S(=O)(=O)N(C)Cc1csc(Br)c1. The second-order valence-electron chi connectivity index (χ2n) is 3.59. The molecule has 0 aliphatic carbocycles. The van der Waals surface area contributed by atoms with Crippen LogP contribution in [0.3, 0.4) is 0 Å². The molecule has 1 unspecified atom stereocenters. The third-order valence-electron chi connectivity index (χ3n) is 2.34. The molecule has 7 heteroatoms. The van der Waals surface area contributed by atoms with Crippen LogP contribution in [0.15, 0.2) is 15.2 Å². The Hall–Kier alpha value is -0.420. The van der Waals surface area contributed by atoms with Crippen molar-refractivity contribution in [3.8, 4) is 6.07 Å². The lowest BCUT2D eigenvalue weighted by atomic mass is 10.3. The van der Waals surface area contributed by atoms with E-state index in [0.717, 1.165) is 9.35 Å². The molecular weight excluding hydrogens is 324 g/mol. The van der Waals surface area contributed by atoms with Crippen LogP contribution in [-0.4, -0.2) is 25.0 Å². The molecule has 0 aliphatic rings. The average Bonchev–Trinajstić information content (AvgIpc) is 2.65. The van der Waals surface area contributed by atoms with Crippen LogP contribution in [0.2, 0.25) is 0 Å². The molecule has 0 fully saturated rings. The van der Waals surface area contributed by atoms with Gasteiger partial charge in [0.2, 0.25) is 10.0 Å². The molecule has 17 heavy (non-hydrogen) atoms. The van der Waals surface area contributed by atoms with Crippen LogP contribution in [0.4, 0.5) is 0 Å². The normalized spacial score (nSPS) is 13.6. The highest BCUT2D eigenvalue weighted by Gasteiger charge is 2.28. The minimum Gasteiger partial charge on any atom is -0.211 e. The van der Waals surface area contributed by atoms with Gasteiger partial charge in [0, 0.05) is 13.6 Å². The first-order valence-electron chi connectivity index (χ1n) is 4.99. The van der Waals surface area contributed by atoms with E-state index in [0.29, 0.717) is 13.0 Å². The topological polar surface area (TPSA) is 61.2 Å². The molecule has 0 saturated carbocycles. The number of hydrogen-bond acceptors (Lipinski definition) is 4. The smallest absolute Gasteiger partial charge is 0.211 e. The Morgan fingerprint density at radius 3 is 2.71 bits per heavy atom. The average molecular weight is 337 g/mol. The van der Waals surface area contributed by atoms with E-state index in [9.17, 15) is 8.42 Å². The zero-order valence-corrected chi connectivity index (χ0v) is 12.8. The monoisotopic (exact) mass is 336 g/mol. The summed E-state index contributed by atoms with van der Waals surface area (Å²) in [5.74, 6) is 0. The lowest BCUT2D eigenvalue weighted by Gasteiger charge is -2.19. The third-order valence-corrected chi connectivity index (χ3v) is 6.04. The van der Waals surface area contributed by atoms with Crippen LogP contribution < -0.4 is 0 Å². The van der Waals surface area contributed by atoms with Crippen LogP contribution in [-0.2, 0) is 16.6 Å². The van der Waals surface area contributed by atoms with Gasteiger partial charge in [-0.1, -0.05) is 6.92 Å². The highest BCUT2D eigenvalue weighted by Crippen LogP contribution is 2.23. The molecule has 0 aliphatic heterocycles. The number of sulfonamides is 1. The Labute approximate surface area is 114 Å². The van der Waals surface area contributed by atoms with Crippen molar-refractivity contribution in [2.45, 2.75) is 25.1 Å². The molecule has 1 atom stereocenters. The summed E-state index contributed by atoms with van der Waals surface area (Å²) in [6.07, 6.45) is 0.302. The molecule has 94 valence electrons. The third kappa shape index (κ3) is 3.52. The van der Waals surface area contributed by atoms with E-state index in [1.807, 2.05) is 17.5 Å². The highest BCUT2D eigenvalue weighted by atomic mass is 79.9. The summed E-state index contributed by atoms with van der Waals surface area (Å²) in [4.78, 5) is 0. The van der Waals surface area contributed by atoms with Gasteiger partial charge >= 0.3 is 0 Å². The first-order valence-corrected chi connectivity index (χ1v) is 8.17. The quantitative estimate of drug-likeness (QED) is 0.830. The van der Waals surface area contributed by atoms with Crippen molar-refractivity contribution in [2.24, 2.45) is 0 Å². The van der Waals surface area contributed by atoms with Crippen molar-refractivity contribution in [1.29, 1.82) is 5.26 Å². The van der Waals surface area contributed by atoms with E-state index >= 15 is 0 Å². The van der Waals surface area contributed by atoms with E-state index in [2.05, 4.69) is 15.9 Å². The molecule has 4 nitrogen and oxygen atoms in total. The van der Waals surface area contributed by atoms with E-state index in [1.165, 1.54) is 22.7 Å². The summed E-state index contributed by atoms with van der Waals surface area (Å²) >= 11 is 4.83. The predicted molar refractivity (Wildman–Crippen MR) is 72.1 cm³/mol. The molecule has 1 aromatic heterocycles. The molecular formula is C10H13BrN2O2S2. The minimum absolute atomic E-state index is 0.294. The lowest BCUT2D eigenvalue weighted by Crippen LogP contribution is -2.34. The summed E-state index contributed by atoms with van der Waals surface area (Å²) in [6, 6.07) is 3.71. The van der Waals surface area contributed by atoms with Gasteiger partial charge in [0.05, 0.1) is 9.86 Å². The molecule has 0 aromatic carbocycles. The van der Waals surface area contributed by atoms with Crippen LogP contribution in [0.1, 0.15) is 18.9 Å².